The summed E-state index contributed by atoms with van der Waals surface area (Å²) in [6.07, 6.45) is -0.0279. The van der Waals surface area contributed by atoms with Crippen molar-refractivity contribution in [2.75, 3.05) is 0 Å². The molecule has 0 radical (unpaired) electrons. The Morgan fingerprint density at radius 3 is 2.38 bits per heavy atom. The second-order valence-electron chi connectivity index (χ2n) is 2.80. The fourth-order valence-electron chi connectivity index (χ4n) is 0.773. The highest BCUT2D eigenvalue weighted by atomic mass is 31.2. The van der Waals surface area contributed by atoms with Gasteiger partial charge < -0.3 is 9.42 Å². The maximum absolute atomic E-state index is 9.29. The second kappa shape index (κ2) is 5.18. The van der Waals surface area contributed by atoms with E-state index in [2.05, 4.69) is 0 Å². The summed E-state index contributed by atoms with van der Waals surface area (Å²) in [7, 11) is -1.80. The molecule has 0 spiro atoms. The van der Waals surface area contributed by atoms with Gasteiger partial charge in [0.05, 0.1) is 6.10 Å². The standard InChI is InChI=1S/C9H13O3P/c1-8(2)11-13(10)12-9-6-4-3-5-7-9/h3-8,10H,1-2H3. The van der Waals surface area contributed by atoms with Crippen LogP contribution in [0.4, 0.5) is 0 Å². The summed E-state index contributed by atoms with van der Waals surface area (Å²) in [5.74, 6) is 0.622. The third-order valence-corrected chi connectivity index (χ3v) is 2.20. The Balaban J connectivity index is 2.41. The third-order valence-electron chi connectivity index (χ3n) is 1.23. The van der Waals surface area contributed by atoms with E-state index in [4.69, 9.17) is 9.05 Å². The normalized spacial score (nSPS) is 12.9. The zero-order valence-corrected chi connectivity index (χ0v) is 8.57. The Morgan fingerprint density at radius 1 is 1.23 bits per heavy atom. The molecule has 0 saturated carbocycles. The maximum atomic E-state index is 9.29. The van der Waals surface area contributed by atoms with Crippen LogP contribution in [-0.4, -0.2) is 11.0 Å². The summed E-state index contributed by atoms with van der Waals surface area (Å²) < 4.78 is 10.2. The van der Waals surface area contributed by atoms with Crippen LogP contribution >= 0.6 is 8.60 Å². The first kappa shape index (κ1) is 10.5. The average Bonchev–Trinajstić information content (AvgIpc) is 2.04. The van der Waals surface area contributed by atoms with E-state index in [9.17, 15) is 4.89 Å². The van der Waals surface area contributed by atoms with Crippen LogP contribution in [0.15, 0.2) is 30.3 Å². The van der Waals surface area contributed by atoms with Gasteiger partial charge in [0, 0.05) is 0 Å². The van der Waals surface area contributed by atoms with Gasteiger partial charge in [-0.05, 0) is 26.0 Å². The van der Waals surface area contributed by atoms with E-state index < -0.39 is 8.60 Å². The van der Waals surface area contributed by atoms with Crippen molar-refractivity contribution in [3.05, 3.63) is 30.3 Å². The predicted molar refractivity (Wildman–Crippen MR) is 52.4 cm³/mol. The largest absolute Gasteiger partial charge is 0.427 e. The quantitative estimate of drug-likeness (QED) is 0.759. The number of hydrogen-bond donors (Lipinski definition) is 1. The zero-order valence-electron chi connectivity index (χ0n) is 7.68. The minimum Gasteiger partial charge on any atom is -0.427 e. The van der Waals surface area contributed by atoms with Crippen LogP contribution in [0.3, 0.4) is 0 Å². The first-order chi connectivity index (χ1) is 6.18. The molecular weight excluding hydrogens is 187 g/mol. The van der Waals surface area contributed by atoms with Gasteiger partial charge in [-0.15, -0.1) is 0 Å². The Morgan fingerprint density at radius 2 is 1.85 bits per heavy atom. The molecule has 1 aromatic rings. The van der Waals surface area contributed by atoms with E-state index in [1.165, 1.54) is 0 Å². The van der Waals surface area contributed by atoms with E-state index in [0.29, 0.717) is 5.75 Å². The van der Waals surface area contributed by atoms with Crippen molar-refractivity contribution in [3.63, 3.8) is 0 Å². The molecule has 0 aliphatic carbocycles. The molecule has 3 nitrogen and oxygen atoms in total. The van der Waals surface area contributed by atoms with E-state index in [1.807, 2.05) is 32.0 Å². The molecule has 1 N–H and O–H groups in total. The molecule has 72 valence electrons. The minimum absolute atomic E-state index is 0.0279. The van der Waals surface area contributed by atoms with E-state index in [0.717, 1.165) is 0 Å². The van der Waals surface area contributed by atoms with Gasteiger partial charge in [-0.25, -0.2) is 0 Å². The Kier molecular flexibility index (Phi) is 4.16. The molecule has 1 rings (SSSR count). The summed E-state index contributed by atoms with van der Waals surface area (Å²) in [5, 5.41) is 0. The lowest BCUT2D eigenvalue weighted by molar-refractivity contribution is 0.205. The summed E-state index contributed by atoms with van der Waals surface area (Å²) in [6.45, 7) is 3.69. The van der Waals surface area contributed by atoms with Gasteiger partial charge in [0.25, 0.3) is 0 Å². The Bertz CT molecular complexity index is 238. The van der Waals surface area contributed by atoms with Crippen molar-refractivity contribution >= 4 is 8.60 Å². The van der Waals surface area contributed by atoms with Crippen LogP contribution in [0.25, 0.3) is 0 Å². The highest BCUT2D eigenvalue weighted by Crippen LogP contribution is 2.35. The van der Waals surface area contributed by atoms with Crippen molar-refractivity contribution in [1.82, 2.24) is 0 Å². The van der Waals surface area contributed by atoms with E-state index in [-0.39, 0.29) is 6.10 Å². The summed E-state index contributed by atoms with van der Waals surface area (Å²) in [6, 6.07) is 9.11. The molecule has 1 aromatic carbocycles. The molecule has 0 amide bonds. The molecule has 0 heterocycles. The van der Waals surface area contributed by atoms with Gasteiger partial charge in [0.2, 0.25) is 0 Å². The fraction of sp³-hybridized carbons (Fsp3) is 0.333. The second-order valence-corrected chi connectivity index (χ2v) is 3.67. The molecule has 0 aliphatic rings. The lowest BCUT2D eigenvalue weighted by atomic mass is 10.3. The monoisotopic (exact) mass is 200 g/mol. The molecule has 0 fully saturated rings. The molecule has 1 atom stereocenters. The van der Waals surface area contributed by atoms with Gasteiger partial charge in [-0.1, -0.05) is 18.2 Å². The topological polar surface area (TPSA) is 38.7 Å². The lowest BCUT2D eigenvalue weighted by Crippen LogP contribution is -2.00. The highest BCUT2D eigenvalue weighted by Gasteiger charge is 2.10. The number of rotatable bonds is 4. The SMILES string of the molecule is CC(C)OP(O)Oc1ccccc1. The summed E-state index contributed by atoms with van der Waals surface area (Å²) in [4.78, 5) is 9.29. The summed E-state index contributed by atoms with van der Waals surface area (Å²) in [5.41, 5.74) is 0. The van der Waals surface area contributed by atoms with Crippen molar-refractivity contribution in [2.45, 2.75) is 20.0 Å². The number of para-hydroxylation sites is 1. The van der Waals surface area contributed by atoms with Crippen LogP contribution in [0.5, 0.6) is 5.75 Å². The van der Waals surface area contributed by atoms with Crippen molar-refractivity contribution in [3.8, 4) is 5.75 Å². The van der Waals surface area contributed by atoms with Crippen LogP contribution in [0.1, 0.15) is 13.8 Å². The first-order valence-corrected chi connectivity index (χ1v) is 5.20. The highest BCUT2D eigenvalue weighted by molar-refractivity contribution is 7.41. The average molecular weight is 200 g/mol. The molecule has 0 bridgehead atoms. The van der Waals surface area contributed by atoms with Gasteiger partial charge in [0.15, 0.2) is 0 Å². The molecule has 0 aromatic heterocycles. The number of benzene rings is 1. The van der Waals surface area contributed by atoms with Crippen LogP contribution in [0.2, 0.25) is 0 Å². The lowest BCUT2D eigenvalue weighted by Gasteiger charge is -2.13. The molecule has 1 unspecified atom stereocenters. The Labute approximate surface area is 79.3 Å². The van der Waals surface area contributed by atoms with Crippen LogP contribution < -0.4 is 4.52 Å². The Hall–Kier alpha value is -0.630. The smallest absolute Gasteiger partial charge is 0.394 e. The van der Waals surface area contributed by atoms with Crippen molar-refractivity contribution in [1.29, 1.82) is 0 Å². The van der Waals surface area contributed by atoms with E-state index in [1.54, 1.807) is 12.1 Å². The van der Waals surface area contributed by atoms with Crippen molar-refractivity contribution < 1.29 is 13.9 Å². The maximum Gasteiger partial charge on any atom is 0.394 e. The number of hydrogen-bond acceptors (Lipinski definition) is 3. The van der Waals surface area contributed by atoms with Crippen LogP contribution in [-0.2, 0) is 4.52 Å². The van der Waals surface area contributed by atoms with Crippen molar-refractivity contribution in [2.24, 2.45) is 0 Å². The van der Waals surface area contributed by atoms with E-state index >= 15 is 0 Å². The molecule has 13 heavy (non-hydrogen) atoms. The van der Waals surface area contributed by atoms with Gasteiger partial charge in [-0.3, -0.25) is 4.52 Å². The first-order valence-electron chi connectivity index (χ1n) is 4.07. The molecular formula is C9H13O3P. The molecule has 4 heteroatoms. The minimum atomic E-state index is -1.80. The predicted octanol–water partition coefficient (Wildman–Crippen LogP) is 2.71. The third kappa shape index (κ3) is 4.23. The van der Waals surface area contributed by atoms with Gasteiger partial charge >= 0.3 is 8.60 Å². The zero-order chi connectivity index (χ0) is 9.68. The van der Waals surface area contributed by atoms with Gasteiger partial charge in [-0.2, -0.15) is 0 Å². The van der Waals surface area contributed by atoms with Crippen LogP contribution in [0, 0.1) is 0 Å². The molecule has 0 saturated heterocycles. The fourth-order valence-corrected chi connectivity index (χ4v) is 1.48. The van der Waals surface area contributed by atoms with Gasteiger partial charge in [0.1, 0.15) is 5.75 Å². The molecule has 0 aliphatic heterocycles. The summed E-state index contributed by atoms with van der Waals surface area (Å²) >= 11 is 0.